The van der Waals surface area contributed by atoms with Gasteiger partial charge in [0, 0.05) is 10.4 Å². The van der Waals surface area contributed by atoms with E-state index in [2.05, 4.69) is 40.2 Å². The molecule has 0 aliphatic heterocycles. The van der Waals surface area contributed by atoms with E-state index in [9.17, 15) is 0 Å². The van der Waals surface area contributed by atoms with Gasteiger partial charge in [0.2, 0.25) is 0 Å². The molecule has 0 spiro atoms. The maximum Gasteiger partial charge on any atom is 0.119 e. The van der Waals surface area contributed by atoms with E-state index >= 15 is 0 Å². The van der Waals surface area contributed by atoms with Crippen molar-refractivity contribution in [1.29, 1.82) is 0 Å². The standard InChI is InChI=1S/C16H16BrClO/c1-19-16-4-2-3-12(10-16)9-14(11-17)13-5-7-15(18)8-6-13/h2-8,10,14H,9,11H2,1H3. The quantitative estimate of drug-likeness (QED) is 0.691. The highest BCUT2D eigenvalue weighted by Gasteiger charge is 2.11. The van der Waals surface area contributed by atoms with Crippen molar-refractivity contribution in [3.05, 3.63) is 64.7 Å². The van der Waals surface area contributed by atoms with Gasteiger partial charge in [0.1, 0.15) is 5.75 Å². The van der Waals surface area contributed by atoms with Gasteiger partial charge < -0.3 is 4.74 Å². The SMILES string of the molecule is COc1cccc(CC(CBr)c2ccc(Cl)cc2)c1. The van der Waals surface area contributed by atoms with Crippen LogP contribution in [0.25, 0.3) is 0 Å². The van der Waals surface area contributed by atoms with Gasteiger partial charge in [0.05, 0.1) is 7.11 Å². The van der Waals surface area contributed by atoms with Crippen LogP contribution in [0.2, 0.25) is 5.02 Å². The molecule has 1 unspecified atom stereocenters. The van der Waals surface area contributed by atoms with Crippen LogP contribution < -0.4 is 4.74 Å². The van der Waals surface area contributed by atoms with Crippen molar-refractivity contribution < 1.29 is 4.74 Å². The van der Waals surface area contributed by atoms with E-state index < -0.39 is 0 Å². The molecule has 0 aliphatic rings. The molecule has 3 heteroatoms. The lowest BCUT2D eigenvalue weighted by atomic mass is 9.94. The minimum atomic E-state index is 0.435. The predicted molar refractivity (Wildman–Crippen MR) is 84.7 cm³/mol. The zero-order valence-electron chi connectivity index (χ0n) is 10.8. The first kappa shape index (κ1) is 14.4. The molecule has 0 N–H and O–H groups in total. The zero-order chi connectivity index (χ0) is 13.7. The number of halogens is 2. The molecule has 0 aromatic heterocycles. The highest BCUT2D eigenvalue weighted by Crippen LogP contribution is 2.25. The van der Waals surface area contributed by atoms with E-state index in [1.807, 2.05) is 24.3 Å². The molecule has 2 rings (SSSR count). The maximum absolute atomic E-state index is 5.93. The topological polar surface area (TPSA) is 9.23 Å². The van der Waals surface area contributed by atoms with E-state index in [0.717, 1.165) is 22.5 Å². The second kappa shape index (κ2) is 6.97. The fourth-order valence-electron chi connectivity index (χ4n) is 2.08. The van der Waals surface area contributed by atoms with Gasteiger partial charge in [-0.25, -0.2) is 0 Å². The Balaban J connectivity index is 2.16. The van der Waals surface area contributed by atoms with Crippen LogP contribution in [0.3, 0.4) is 0 Å². The molecular weight excluding hydrogens is 324 g/mol. The Morgan fingerprint density at radius 2 is 1.89 bits per heavy atom. The minimum Gasteiger partial charge on any atom is -0.497 e. The maximum atomic E-state index is 5.93. The van der Waals surface area contributed by atoms with Crippen LogP contribution in [0, 0.1) is 0 Å². The van der Waals surface area contributed by atoms with Crippen LogP contribution in [-0.2, 0) is 6.42 Å². The second-order valence-electron chi connectivity index (χ2n) is 4.46. The molecule has 1 nitrogen and oxygen atoms in total. The highest BCUT2D eigenvalue weighted by atomic mass is 79.9. The van der Waals surface area contributed by atoms with Crippen molar-refractivity contribution in [2.45, 2.75) is 12.3 Å². The Labute approximate surface area is 127 Å². The molecule has 0 heterocycles. The largest absolute Gasteiger partial charge is 0.497 e. The lowest BCUT2D eigenvalue weighted by molar-refractivity contribution is 0.414. The Morgan fingerprint density at radius 1 is 1.16 bits per heavy atom. The normalized spacial score (nSPS) is 12.2. The number of benzene rings is 2. The summed E-state index contributed by atoms with van der Waals surface area (Å²) >= 11 is 9.53. The molecule has 0 saturated heterocycles. The monoisotopic (exact) mass is 338 g/mol. The lowest BCUT2D eigenvalue weighted by Gasteiger charge is -2.15. The van der Waals surface area contributed by atoms with Crippen LogP contribution in [-0.4, -0.2) is 12.4 Å². The third-order valence-corrected chi connectivity index (χ3v) is 4.18. The van der Waals surface area contributed by atoms with Gasteiger partial charge in [0.15, 0.2) is 0 Å². The summed E-state index contributed by atoms with van der Waals surface area (Å²) in [5.41, 5.74) is 2.57. The van der Waals surface area contributed by atoms with Gasteiger partial charge in [-0.3, -0.25) is 0 Å². The van der Waals surface area contributed by atoms with Gasteiger partial charge in [-0.2, -0.15) is 0 Å². The summed E-state index contributed by atoms with van der Waals surface area (Å²) in [7, 11) is 1.69. The molecule has 2 aromatic rings. The van der Waals surface area contributed by atoms with Gasteiger partial charge in [-0.1, -0.05) is 51.8 Å². The van der Waals surface area contributed by atoms with E-state index in [0.29, 0.717) is 5.92 Å². The van der Waals surface area contributed by atoms with Crippen molar-refractivity contribution in [2.75, 3.05) is 12.4 Å². The molecule has 1 atom stereocenters. The van der Waals surface area contributed by atoms with E-state index in [-0.39, 0.29) is 0 Å². The summed E-state index contributed by atoms with van der Waals surface area (Å²) in [5.74, 6) is 1.34. The summed E-state index contributed by atoms with van der Waals surface area (Å²) in [6, 6.07) is 16.3. The first-order valence-corrected chi connectivity index (χ1v) is 7.67. The molecule has 0 aliphatic carbocycles. The van der Waals surface area contributed by atoms with Crippen molar-refractivity contribution in [3.63, 3.8) is 0 Å². The molecule has 0 fully saturated rings. The summed E-state index contributed by atoms with van der Waals surface area (Å²) in [6.07, 6.45) is 0.976. The summed E-state index contributed by atoms with van der Waals surface area (Å²) in [4.78, 5) is 0. The third-order valence-electron chi connectivity index (χ3n) is 3.14. The molecule has 0 radical (unpaired) electrons. The van der Waals surface area contributed by atoms with Crippen molar-refractivity contribution >= 4 is 27.5 Å². The molecular formula is C16H16BrClO. The molecule has 0 bridgehead atoms. The van der Waals surface area contributed by atoms with Gasteiger partial charge >= 0.3 is 0 Å². The van der Waals surface area contributed by atoms with Crippen LogP contribution in [0.5, 0.6) is 5.75 Å². The van der Waals surface area contributed by atoms with Crippen LogP contribution in [0.4, 0.5) is 0 Å². The first-order valence-electron chi connectivity index (χ1n) is 6.17. The van der Waals surface area contributed by atoms with E-state index in [4.69, 9.17) is 16.3 Å². The molecule has 0 saturated carbocycles. The minimum absolute atomic E-state index is 0.435. The fourth-order valence-corrected chi connectivity index (χ4v) is 2.81. The summed E-state index contributed by atoms with van der Waals surface area (Å²) < 4.78 is 5.26. The molecule has 2 aromatic carbocycles. The first-order chi connectivity index (χ1) is 9.22. The Hall–Kier alpha value is -0.990. The zero-order valence-corrected chi connectivity index (χ0v) is 13.1. The highest BCUT2D eigenvalue weighted by molar-refractivity contribution is 9.09. The fraction of sp³-hybridized carbons (Fsp3) is 0.250. The second-order valence-corrected chi connectivity index (χ2v) is 5.54. The summed E-state index contributed by atoms with van der Waals surface area (Å²) in [5, 5.41) is 1.70. The summed E-state index contributed by atoms with van der Waals surface area (Å²) in [6.45, 7) is 0. The number of hydrogen-bond donors (Lipinski definition) is 0. The van der Waals surface area contributed by atoms with Crippen LogP contribution >= 0.6 is 27.5 Å². The smallest absolute Gasteiger partial charge is 0.119 e. The van der Waals surface area contributed by atoms with Crippen molar-refractivity contribution in [3.8, 4) is 5.75 Å². The molecule has 19 heavy (non-hydrogen) atoms. The van der Waals surface area contributed by atoms with Crippen LogP contribution in [0.1, 0.15) is 17.0 Å². The average Bonchev–Trinajstić information content (AvgIpc) is 2.46. The van der Waals surface area contributed by atoms with Gasteiger partial charge in [0.25, 0.3) is 0 Å². The van der Waals surface area contributed by atoms with Crippen molar-refractivity contribution in [1.82, 2.24) is 0 Å². The lowest BCUT2D eigenvalue weighted by Crippen LogP contribution is -2.04. The Kier molecular flexibility index (Phi) is 5.29. The third kappa shape index (κ3) is 3.99. The number of hydrogen-bond acceptors (Lipinski definition) is 1. The Bertz CT molecular complexity index is 525. The van der Waals surface area contributed by atoms with Crippen LogP contribution in [0.15, 0.2) is 48.5 Å². The van der Waals surface area contributed by atoms with E-state index in [1.165, 1.54) is 11.1 Å². The Morgan fingerprint density at radius 3 is 2.53 bits per heavy atom. The predicted octanol–water partition coefficient (Wildman–Crippen LogP) is 5.07. The molecule has 0 amide bonds. The number of alkyl halides is 1. The van der Waals surface area contributed by atoms with Gasteiger partial charge in [-0.05, 0) is 47.7 Å². The van der Waals surface area contributed by atoms with Crippen molar-refractivity contribution in [2.24, 2.45) is 0 Å². The number of rotatable bonds is 5. The number of methoxy groups -OCH3 is 1. The molecule has 100 valence electrons. The average molecular weight is 340 g/mol. The van der Waals surface area contributed by atoms with Gasteiger partial charge in [-0.15, -0.1) is 0 Å². The van der Waals surface area contributed by atoms with E-state index in [1.54, 1.807) is 7.11 Å². The number of ether oxygens (including phenoxy) is 1.